The minimum Gasteiger partial charge on any atom is -0.481 e. The van der Waals surface area contributed by atoms with Gasteiger partial charge in [-0.15, -0.1) is 0 Å². The maximum atomic E-state index is 14.9. The van der Waals surface area contributed by atoms with Crippen LogP contribution in [0.4, 0.5) is 8.78 Å². The topological polar surface area (TPSA) is 163 Å². The van der Waals surface area contributed by atoms with Crippen molar-refractivity contribution in [3.05, 3.63) is 58.2 Å². The summed E-state index contributed by atoms with van der Waals surface area (Å²) >= 11 is 0. The second-order valence-corrected chi connectivity index (χ2v) is 10.7. The summed E-state index contributed by atoms with van der Waals surface area (Å²) in [4.78, 5) is 51.0. The summed E-state index contributed by atoms with van der Waals surface area (Å²) in [6, 6.07) is 4.65. The van der Waals surface area contributed by atoms with Gasteiger partial charge in [0.15, 0.2) is 5.78 Å². The number of carbonyl (C=O) groups is 4. The highest BCUT2D eigenvalue weighted by Gasteiger charge is 2.32. The number of carboxylic acid groups (broad SMARTS) is 1. The van der Waals surface area contributed by atoms with Gasteiger partial charge >= 0.3 is 20.2 Å². The Balaban J connectivity index is 1.42. The molecule has 0 aliphatic carbocycles. The number of ketones is 1. The van der Waals surface area contributed by atoms with E-state index in [0.717, 1.165) is 17.0 Å². The van der Waals surface area contributed by atoms with Crippen molar-refractivity contribution in [1.29, 1.82) is 0 Å². The lowest BCUT2D eigenvalue weighted by Crippen LogP contribution is -2.42. The molecule has 4 N–H and O–H groups in total. The Bertz CT molecular complexity index is 1410. The molecule has 0 saturated heterocycles. The third-order valence-corrected chi connectivity index (χ3v) is 7.58. The fourth-order valence-electron chi connectivity index (χ4n) is 5.01. The molecule has 0 saturated carbocycles. The first-order chi connectivity index (χ1) is 20.5. The lowest BCUT2D eigenvalue weighted by molar-refractivity contribution is -0.141. The quantitative estimate of drug-likeness (QED) is 0.138. The van der Waals surface area contributed by atoms with Crippen molar-refractivity contribution < 1.29 is 52.4 Å². The van der Waals surface area contributed by atoms with Crippen LogP contribution >= 0.6 is 0 Å². The Hall–Kier alpha value is -3.65. The first-order valence-electron chi connectivity index (χ1n) is 14.0. The third-order valence-electron chi connectivity index (χ3n) is 7.58. The van der Waals surface area contributed by atoms with E-state index in [2.05, 4.69) is 5.32 Å². The van der Waals surface area contributed by atoms with Gasteiger partial charge in [-0.25, -0.2) is 8.78 Å². The molecule has 2 aromatic rings. The van der Waals surface area contributed by atoms with Crippen LogP contribution in [0.15, 0.2) is 24.3 Å². The standard InChI is InChI=1S/C28H32B2F2N2O9/c1-16(28(38)39)5-2-3-7-33-26(36)13-34(27(37)20-12-22-18(10-24(20)32)15-43-30(22)41)8-4-6-25(35)19-11-21-17(9-23(19)31)14-42-29(21)40/h9-12,16,40-41H,2-8,13-15H2,1H3,(H,33,36)(H,38,39)/t16-/m0/s1. The van der Waals surface area contributed by atoms with E-state index in [0.29, 0.717) is 35.9 Å². The molecular weight excluding hydrogens is 568 g/mol. The molecule has 0 unspecified atom stereocenters. The molecule has 0 radical (unpaired) electrons. The van der Waals surface area contributed by atoms with Gasteiger partial charge in [0.2, 0.25) is 5.91 Å². The van der Waals surface area contributed by atoms with Gasteiger partial charge in [0.25, 0.3) is 5.91 Å². The van der Waals surface area contributed by atoms with Crippen molar-refractivity contribution in [1.82, 2.24) is 10.2 Å². The summed E-state index contributed by atoms with van der Waals surface area (Å²) < 4.78 is 39.7. The number of halogens is 2. The fraction of sp³-hybridized carbons (Fsp3) is 0.429. The van der Waals surface area contributed by atoms with E-state index in [9.17, 15) is 38.0 Å². The summed E-state index contributed by atoms with van der Waals surface area (Å²) in [6.45, 7) is 1.20. The van der Waals surface area contributed by atoms with Gasteiger partial charge in [0.05, 0.1) is 36.8 Å². The second kappa shape index (κ2) is 14.2. The number of amides is 2. The maximum absolute atomic E-state index is 14.9. The fourth-order valence-corrected chi connectivity index (χ4v) is 5.01. The molecular formula is C28H32B2F2N2O9. The lowest BCUT2D eigenvalue weighted by Gasteiger charge is -2.23. The smallest absolute Gasteiger partial charge is 0.481 e. The van der Waals surface area contributed by atoms with Crippen molar-refractivity contribution in [3.63, 3.8) is 0 Å². The van der Waals surface area contributed by atoms with Crippen LogP contribution in [0.3, 0.4) is 0 Å². The van der Waals surface area contributed by atoms with Gasteiger partial charge in [-0.05, 0) is 65.6 Å². The molecule has 0 fully saturated rings. The van der Waals surface area contributed by atoms with Crippen LogP contribution in [-0.4, -0.2) is 77.5 Å². The Labute approximate surface area is 247 Å². The number of hydrogen-bond acceptors (Lipinski definition) is 8. The molecule has 2 aromatic carbocycles. The lowest BCUT2D eigenvalue weighted by atomic mass is 9.78. The number of nitrogens with zero attached hydrogens (tertiary/aromatic N) is 1. The molecule has 0 spiro atoms. The largest absolute Gasteiger partial charge is 0.491 e. The number of carboxylic acids is 1. The molecule has 228 valence electrons. The van der Waals surface area contributed by atoms with Crippen LogP contribution in [-0.2, 0) is 32.1 Å². The zero-order valence-corrected chi connectivity index (χ0v) is 23.6. The number of nitrogens with one attached hydrogen (secondary N) is 1. The predicted molar refractivity (Wildman–Crippen MR) is 151 cm³/mol. The van der Waals surface area contributed by atoms with Crippen LogP contribution in [0.25, 0.3) is 0 Å². The summed E-state index contributed by atoms with van der Waals surface area (Å²) in [7, 11) is -2.59. The first kappa shape index (κ1) is 32.3. The van der Waals surface area contributed by atoms with Crippen molar-refractivity contribution in [3.8, 4) is 0 Å². The van der Waals surface area contributed by atoms with Gasteiger partial charge in [-0.1, -0.05) is 13.3 Å². The maximum Gasteiger partial charge on any atom is 0.491 e. The molecule has 4 rings (SSSR count). The number of aliphatic carboxylic acids is 1. The van der Waals surface area contributed by atoms with Crippen LogP contribution in [0, 0.1) is 17.6 Å². The molecule has 11 nitrogen and oxygen atoms in total. The Kier molecular flexibility index (Phi) is 10.7. The van der Waals surface area contributed by atoms with Gasteiger partial charge in [-0.2, -0.15) is 0 Å². The van der Waals surface area contributed by atoms with Crippen LogP contribution < -0.4 is 16.2 Å². The normalized spacial score (nSPS) is 14.3. The summed E-state index contributed by atoms with van der Waals surface area (Å²) in [6.07, 6.45) is 1.31. The highest BCUT2D eigenvalue weighted by atomic mass is 19.1. The molecule has 2 amide bonds. The van der Waals surface area contributed by atoms with Crippen molar-refractivity contribution in [2.45, 2.75) is 52.2 Å². The van der Waals surface area contributed by atoms with Crippen molar-refractivity contribution in [2.75, 3.05) is 19.6 Å². The number of unbranched alkanes of at least 4 members (excludes halogenated alkanes) is 1. The number of rotatable bonds is 14. The SMILES string of the molecule is C[C@@H](CCCCNC(=O)CN(CCCC(=O)c1cc2c(cc1F)COB2O)C(=O)c1cc2c(cc1F)COB2O)C(=O)O. The van der Waals surface area contributed by atoms with Crippen LogP contribution in [0.1, 0.15) is 70.9 Å². The monoisotopic (exact) mass is 600 g/mol. The summed E-state index contributed by atoms with van der Waals surface area (Å²) in [5.41, 5.74) is 0.735. The van der Waals surface area contributed by atoms with E-state index in [1.54, 1.807) is 6.92 Å². The van der Waals surface area contributed by atoms with E-state index < -0.39 is 61.9 Å². The zero-order chi connectivity index (χ0) is 31.3. The highest BCUT2D eigenvalue weighted by Crippen LogP contribution is 2.19. The Morgan fingerprint density at radius 3 is 2.12 bits per heavy atom. The van der Waals surface area contributed by atoms with Gasteiger partial charge < -0.3 is 34.7 Å². The molecule has 0 aromatic heterocycles. The average molecular weight is 600 g/mol. The number of benzene rings is 2. The molecule has 0 bridgehead atoms. The van der Waals surface area contributed by atoms with Crippen LogP contribution in [0.2, 0.25) is 0 Å². The summed E-state index contributed by atoms with van der Waals surface area (Å²) in [5.74, 6) is -5.03. The minimum atomic E-state index is -1.33. The number of hydrogen-bond donors (Lipinski definition) is 4. The van der Waals surface area contributed by atoms with Crippen molar-refractivity contribution in [2.24, 2.45) is 5.92 Å². The van der Waals surface area contributed by atoms with Crippen LogP contribution in [0.5, 0.6) is 0 Å². The Morgan fingerprint density at radius 2 is 1.51 bits per heavy atom. The number of fused-ring (bicyclic) bond motifs is 2. The van der Waals surface area contributed by atoms with Gasteiger partial charge in [0, 0.05) is 19.5 Å². The van der Waals surface area contributed by atoms with E-state index in [4.69, 9.17) is 14.4 Å². The molecule has 2 aliphatic rings. The van der Waals surface area contributed by atoms with Gasteiger partial charge in [-0.3, -0.25) is 19.2 Å². The first-order valence-corrected chi connectivity index (χ1v) is 14.0. The van der Waals surface area contributed by atoms with E-state index in [-0.39, 0.29) is 55.7 Å². The van der Waals surface area contributed by atoms with E-state index in [1.165, 1.54) is 12.1 Å². The summed E-state index contributed by atoms with van der Waals surface area (Å²) in [5, 5.41) is 31.6. The Morgan fingerprint density at radius 1 is 0.930 bits per heavy atom. The molecule has 2 aliphatic heterocycles. The minimum absolute atomic E-state index is 0.0127. The zero-order valence-electron chi connectivity index (χ0n) is 23.6. The van der Waals surface area contributed by atoms with E-state index in [1.807, 2.05) is 0 Å². The predicted octanol–water partition coefficient (Wildman–Crippen LogP) is 0.513. The molecule has 15 heteroatoms. The second-order valence-electron chi connectivity index (χ2n) is 10.7. The third kappa shape index (κ3) is 7.85. The van der Waals surface area contributed by atoms with E-state index >= 15 is 0 Å². The van der Waals surface area contributed by atoms with Gasteiger partial charge in [0.1, 0.15) is 11.6 Å². The number of Topliss-reactive ketones (excluding diaryl/α,β-unsaturated/α-hetero) is 1. The average Bonchev–Trinajstić information content (AvgIpc) is 3.51. The molecule has 1 atom stereocenters. The number of carbonyl (C=O) groups excluding carboxylic acids is 3. The molecule has 2 heterocycles. The molecule has 43 heavy (non-hydrogen) atoms. The van der Waals surface area contributed by atoms with Crippen molar-refractivity contribution >= 4 is 48.7 Å². The highest BCUT2D eigenvalue weighted by molar-refractivity contribution is 6.62.